The zero-order valence-corrected chi connectivity index (χ0v) is 11.1. The number of fused-ring (bicyclic) bond motifs is 1. The number of hydrogen-bond acceptors (Lipinski definition) is 4. The van der Waals surface area contributed by atoms with E-state index >= 15 is 0 Å². The second kappa shape index (κ2) is 5.32. The Labute approximate surface area is 120 Å². The maximum atomic E-state index is 13.8. The van der Waals surface area contributed by atoms with E-state index in [1.54, 1.807) is 12.1 Å². The zero-order valence-electron chi connectivity index (χ0n) is 11.1. The van der Waals surface area contributed by atoms with Crippen LogP contribution >= 0.6 is 0 Å². The molecule has 3 rings (SSSR count). The Kier molecular flexibility index (Phi) is 3.35. The lowest BCUT2D eigenvalue weighted by Gasteiger charge is -2.09. The quantitative estimate of drug-likeness (QED) is 0.905. The molecule has 2 aromatic carbocycles. The molecule has 0 bridgehead atoms. The first-order valence-corrected chi connectivity index (χ1v) is 6.35. The fourth-order valence-electron chi connectivity index (χ4n) is 2.05. The summed E-state index contributed by atoms with van der Waals surface area (Å²) in [4.78, 5) is 11.0. The summed E-state index contributed by atoms with van der Waals surface area (Å²) in [7, 11) is 0. The van der Waals surface area contributed by atoms with Crippen molar-refractivity contribution in [1.29, 1.82) is 0 Å². The standard InChI is InChI=1S/C15H13FN2O3/c16-12-5-9(15(17)19)1-2-10(12)7-18-11-3-4-13-14(6-11)21-8-20-13/h1-6,18H,7-8H2,(H2,17,19). The van der Waals surface area contributed by atoms with Crippen LogP contribution in [0.25, 0.3) is 0 Å². The summed E-state index contributed by atoms with van der Waals surface area (Å²) in [5, 5.41) is 3.09. The molecule has 2 aromatic rings. The Hall–Kier alpha value is -2.76. The fraction of sp³-hybridized carbons (Fsp3) is 0.133. The van der Waals surface area contributed by atoms with E-state index in [1.807, 2.05) is 6.07 Å². The molecule has 0 spiro atoms. The lowest BCUT2D eigenvalue weighted by Crippen LogP contribution is -2.12. The minimum absolute atomic E-state index is 0.152. The number of halogens is 1. The van der Waals surface area contributed by atoms with Crippen LogP contribution in [0.5, 0.6) is 11.5 Å². The molecule has 0 fully saturated rings. The summed E-state index contributed by atoms with van der Waals surface area (Å²) in [6.07, 6.45) is 0. The molecule has 6 heteroatoms. The highest BCUT2D eigenvalue weighted by Crippen LogP contribution is 2.34. The molecular weight excluding hydrogens is 275 g/mol. The Morgan fingerprint density at radius 1 is 1.19 bits per heavy atom. The molecule has 5 nitrogen and oxygen atoms in total. The lowest BCUT2D eigenvalue weighted by atomic mass is 10.1. The fourth-order valence-corrected chi connectivity index (χ4v) is 2.05. The zero-order chi connectivity index (χ0) is 14.8. The van der Waals surface area contributed by atoms with Crippen molar-refractivity contribution in [3.05, 3.63) is 53.3 Å². The molecule has 0 radical (unpaired) electrons. The summed E-state index contributed by atoms with van der Waals surface area (Å²) in [5.74, 6) is 0.228. The van der Waals surface area contributed by atoms with Gasteiger partial charge in [-0.25, -0.2) is 4.39 Å². The number of nitrogens with two attached hydrogens (primary N) is 1. The number of benzene rings is 2. The number of amides is 1. The number of ether oxygens (including phenoxy) is 2. The molecule has 0 atom stereocenters. The van der Waals surface area contributed by atoms with Crippen molar-refractivity contribution in [2.75, 3.05) is 12.1 Å². The number of rotatable bonds is 4. The van der Waals surface area contributed by atoms with Crippen LogP contribution in [0.1, 0.15) is 15.9 Å². The summed E-state index contributed by atoms with van der Waals surface area (Å²) in [6.45, 7) is 0.493. The highest BCUT2D eigenvalue weighted by molar-refractivity contribution is 5.92. The van der Waals surface area contributed by atoms with E-state index in [4.69, 9.17) is 15.2 Å². The number of anilines is 1. The van der Waals surface area contributed by atoms with Crippen LogP contribution in [0.2, 0.25) is 0 Å². The topological polar surface area (TPSA) is 73.6 Å². The number of nitrogens with one attached hydrogen (secondary N) is 1. The van der Waals surface area contributed by atoms with E-state index in [1.165, 1.54) is 12.1 Å². The predicted molar refractivity (Wildman–Crippen MR) is 74.8 cm³/mol. The van der Waals surface area contributed by atoms with E-state index in [-0.39, 0.29) is 18.9 Å². The second-order valence-corrected chi connectivity index (χ2v) is 4.59. The van der Waals surface area contributed by atoms with E-state index < -0.39 is 11.7 Å². The van der Waals surface area contributed by atoms with Crippen LogP contribution in [-0.2, 0) is 6.54 Å². The third kappa shape index (κ3) is 2.74. The Morgan fingerprint density at radius 2 is 2.00 bits per heavy atom. The van der Waals surface area contributed by atoms with Crippen LogP contribution in [-0.4, -0.2) is 12.7 Å². The maximum Gasteiger partial charge on any atom is 0.248 e. The normalized spacial score (nSPS) is 12.2. The largest absolute Gasteiger partial charge is 0.454 e. The highest BCUT2D eigenvalue weighted by atomic mass is 19.1. The smallest absolute Gasteiger partial charge is 0.248 e. The molecule has 0 saturated carbocycles. The van der Waals surface area contributed by atoms with Crippen molar-refractivity contribution in [1.82, 2.24) is 0 Å². The molecular formula is C15H13FN2O3. The van der Waals surface area contributed by atoms with Gasteiger partial charge >= 0.3 is 0 Å². The van der Waals surface area contributed by atoms with Crippen molar-refractivity contribution in [2.24, 2.45) is 5.73 Å². The number of carbonyl (C=O) groups is 1. The average molecular weight is 288 g/mol. The number of hydrogen-bond donors (Lipinski definition) is 2. The summed E-state index contributed by atoms with van der Waals surface area (Å²) in [5.41, 5.74) is 6.49. The van der Waals surface area contributed by atoms with E-state index in [2.05, 4.69) is 5.32 Å². The van der Waals surface area contributed by atoms with Gasteiger partial charge in [-0.1, -0.05) is 6.07 Å². The molecule has 0 unspecified atom stereocenters. The first kappa shape index (κ1) is 13.2. The Bertz CT molecular complexity index is 703. The van der Waals surface area contributed by atoms with Crippen LogP contribution in [0.3, 0.4) is 0 Å². The third-order valence-electron chi connectivity index (χ3n) is 3.19. The van der Waals surface area contributed by atoms with Crippen LogP contribution in [0.4, 0.5) is 10.1 Å². The van der Waals surface area contributed by atoms with Crippen molar-refractivity contribution < 1.29 is 18.7 Å². The van der Waals surface area contributed by atoms with Gasteiger partial charge in [-0.2, -0.15) is 0 Å². The lowest BCUT2D eigenvalue weighted by molar-refractivity contribution is 0.1000. The first-order chi connectivity index (χ1) is 10.1. The van der Waals surface area contributed by atoms with Crippen molar-refractivity contribution in [3.8, 4) is 11.5 Å². The van der Waals surface area contributed by atoms with Gasteiger partial charge in [0.05, 0.1) is 0 Å². The van der Waals surface area contributed by atoms with Gasteiger partial charge < -0.3 is 20.5 Å². The average Bonchev–Trinajstić information content (AvgIpc) is 2.93. The molecule has 1 amide bonds. The third-order valence-corrected chi connectivity index (χ3v) is 3.19. The Balaban J connectivity index is 1.71. The maximum absolute atomic E-state index is 13.8. The molecule has 0 aliphatic carbocycles. The van der Waals surface area contributed by atoms with Crippen LogP contribution in [0, 0.1) is 5.82 Å². The van der Waals surface area contributed by atoms with Crippen molar-refractivity contribution in [2.45, 2.75) is 6.54 Å². The molecule has 3 N–H and O–H groups in total. The monoisotopic (exact) mass is 288 g/mol. The molecule has 1 aliphatic rings. The van der Waals surface area contributed by atoms with Gasteiger partial charge in [0.2, 0.25) is 12.7 Å². The Morgan fingerprint density at radius 3 is 2.76 bits per heavy atom. The first-order valence-electron chi connectivity index (χ1n) is 6.35. The molecule has 21 heavy (non-hydrogen) atoms. The van der Waals surface area contributed by atoms with E-state index in [0.29, 0.717) is 17.1 Å². The summed E-state index contributed by atoms with van der Waals surface area (Å²) in [6, 6.07) is 9.58. The summed E-state index contributed by atoms with van der Waals surface area (Å²) < 4.78 is 24.3. The van der Waals surface area contributed by atoms with Gasteiger partial charge in [0, 0.05) is 29.4 Å². The molecule has 1 heterocycles. The van der Waals surface area contributed by atoms with Gasteiger partial charge in [-0.3, -0.25) is 4.79 Å². The van der Waals surface area contributed by atoms with Gasteiger partial charge in [-0.15, -0.1) is 0 Å². The highest BCUT2D eigenvalue weighted by Gasteiger charge is 2.13. The van der Waals surface area contributed by atoms with E-state index in [9.17, 15) is 9.18 Å². The molecule has 0 aromatic heterocycles. The minimum Gasteiger partial charge on any atom is -0.454 e. The van der Waals surface area contributed by atoms with Crippen LogP contribution in [0.15, 0.2) is 36.4 Å². The summed E-state index contributed by atoms with van der Waals surface area (Å²) >= 11 is 0. The number of carbonyl (C=O) groups excluding carboxylic acids is 1. The van der Waals surface area contributed by atoms with Gasteiger partial charge in [0.1, 0.15) is 5.82 Å². The van der Waals surface area contributed by atoms with E-state index in [0.717, 1.165) is 11.8 Å². The van der Waals surface area contributed by atoms with Gasteiger partial charge in [-0.05, 0) is 24.3 Å². The van der Waals surface area contributed by atoms with Crippen LogP contribution < -0.4 is 20.5 Å². The molecule has 1 aliphatic heterocycles. The minimum atomic E-state index is -0.649. The predicted octanol–water partition coefficient (Wildman–Crippen LogP) is 2.27. The van der Waals surface area contributed by atoms with Gasteiger partial charge in [0.25, 0.3) is 0 Å². The molecule has 0 saturated heterocycles. The SMILES string of the molecule is NC(=O)c1ccc(CNc2ccc3c(c2)OCO3)c(F)c1. The van der Waals surface area contributed by atoms with Crippen molar-refractivity contribution >= 4 is 11.6 Å². The molecule has 108 valence electrons. The number of primary amides is 1. The second-order valence-electron chi connectivity index (χ2n) is 4.59. The van der Waals surface area contributed by atoms with Crippen molar-refractivity contribution in [3.63, 3.8) is 0 Å². The van der Waals surface area contributed by atoms with Gasteiger partial charge in [0.15, 0.2) is 11.5 Å².